The van der Waals surface area contributed by atoms with Crippen molar-refractivity contribution in [2.24, 2.45) is 0 Å². The molecule has 0 radical (unpaired) electrons. The third-order valence-corrected chi connectivity index (χ3v) is 4.89. The molecule has 0 spiro atoms. The van der Waals surface area contributed by atoms with Crippen molar-refractivity contribution in [2.75, 3.05) is 31.1 Å². The van der Waals surface area contributed by atoms with E-state index in [0.29, 0.717) is 18.8 Å². The Morgan fingerprint density at radius 2 is 1.53 bits per heavy atom. The van der Waals surface area contributed by atoms with Crippen LogP contribution in [0.4, 0.5) is 5.69 Å². The van der Waals surface area contributed by atoms with Crippen LogP contribution in [0, 0.1) is 0 Å². The molecule has 0 aliphatic carbocycles. The highest BCUT2D eigenvalue weighted by atomic mass is 16.5. The van der Waals surface area contributed by atoms with Gasteiger partial charge >= 0.3 is 11.9 Å². The fraction of sp³-hybridized carbons (Fsp3) is 0.292. The van der Waals surface area contributed by atoms with E-state index in [2.05, 4.69) is 18.7 Å². The third-order valence-electron chi connectivity index (χ3n) is 4.89. The van der Waals surface area contributed by atoms with E-state index >= 15 is 0 Å². The second-order valence-electron chi connectivity index (χ2n) is 6.86. The number of para-hydroxylation sites is 1. The number of hydrogen-bond donors (Lipinski definition) is 2. The van der Waals surface area contributed by atoms with Gasteiger partial charge in [0.1, 0.15) is 0 Å². The number of amides is 1. The van der Waals surface area contributed by atoms with Gasteiger partial charge in [0.2, 0.25) is 0 Å². The summed E-state index contributed by atoms with van der Waals surface area (Å²) in [5, 5.41) is 15.6. The minimum atomic E-state index is -1.26. The molecule has 1 atom stereocenters. The molecule has 1 amide bonds. The average molecular weight is 440 g/mol. The predicted molar refractivity (Wildman–Crippen MR) is 121 cm³/mol. The van der Waals surface area contributed by atoms with Crippen molar-refractivity contribution in [3.8, 4) is 0 Å². The zero-order chi connectivity index (χ0) is 23.5. The molecule has 1 aliphatic heterocycles. The average Bonchev–Trinajstić information content (AvgIpc) is 3.08. The van der Waals surface area contributed by atoms with Crippen molar-refractivity contribution in [1.29, 1.82) is 0 Å². The lowest BCUT2D eigenvalue weighted by Gasteiger charge is -2.27. The molecule has 2 N–H and O–H groups in total. The molecule has 0 saturated heterocycles. The number of aliphatic carboxylic acids is 2. The van der Waals surface area contributed by atoms with Gasteiger partial charge in [0.25, 0.3) is 5.91 Å². The van der Waals surface area contributed by atoms with Gasteiger partial charge in [0, 0.05) is 35.5 Å². The topological polar surface area (TPSA) is 107 Å². The lowest BCUT2D eigenvalue weighted by Crippen LogP contribution is -2.32. The molecule has 0 saturated carbocycles. The second-order valence-corrected chi connectivity index (χ2v) is 6.86. The van der Waals surface area contributed by atoms with Crippen molar-refractivity contribution in [3.05, 3.63) is 77.9 Å². The van der Waals surface area contributed by atoms with Crippen molar-refractivity contribution in [2.45, 2.75) is 20.1 Å². The van der Waals surface area contributed by atoms with Crippen molar-refractivity contribution in [3.63, 3.8) is 0 Å². The first kappa shape index (κ1) is 24.8. The summed E-state index contributed by atoms with van der Waals surface area (Å²) in [6, 6.07) is 17.5. The summed E-state index contributed by atoms with van der Waals surface area (Å²) in [6.07, 6.45) is 0.761. The number of hydrogen-bond acceptors (Lipinski definition) is 5. The SMILES string of the molecule is CCN(CC)CCOC1c2ccccc2C(=O)N1c1ccccc1.O=C(O)C=CC(=O)O. The molecule has 32 heavy (non-hydrogen) atoms. The normalized spacial score (nSPS) is 14.9. The molecule has 3 rings (SSSR count). The van der Waals surface area contributed by atoms with Crippen LogP contribution in [0.25, 0.3) is 0 Å². The molecule has 170 valence electrons. The summed E-state index contributed by atoms with van der Waals surface area (Å²) in [7, 11) is 0. The first-order chi connectivity index (χ1) is 15.4. The molecular formula is C24H28N2O6. The van der Waals surface area contributed by atoms with Gasteiger partial charge in [-0.3, -0.25) is 9.69 Å². The summed E-state index contributed by atoms with van der Waals surface area (Å²) < 4.78 is 6.16. The first-order valence-corrected chi connectivity index (χ1v) is 10.3. The maximum Gasteiger partial charge on any atom is 0.328 e. The maximum absolute atomic E-state index is 12.9. The first-order valence-electron chi connectivity index (χ1n) is 10.3. The van der Waals surface area contributed by atoms with E-state index < -0.39 is 11.9 Å². The van der Waals surface area contributed by atoms with E-state index in [9.17, 15) is 14.4 Å². The third kappa shape index (κ3) is 6.76. The zero-order valence-electron chi connectivity index (χ0n) is 18.2. The summed E-state index contributed by atoms with van der Waals surface area (Å²) in [4.78, 5) is 36.0. The highest BCUT2D eigenvalue weighted by Crippen LogP contribution is 2.37. The van der Waals surface area contributed by atoms with Crippen LogP contribution in [0.5, 0.6) is 0 Å². The van der Waals surface area contributed by atoms with Crippen LogP contribution in [0.15, 0.2) is 66.7 Å². The van der Waals surface area contributed by atoms with Crippen LogP contribution in [0.2, 0.25) is 0 Å². The number of fused-ring (bicyclic) bond motifs is 1. The quantitative estimate of drug-likeness (QED) is 0.575. The number of carboxylic acids is 2. The number of carboxylic acid groups (broad SMARTS) is 2. The Hall–Kier alpha value is -3.49. The van der Waals surface area contributed by atoms with E-state index in [-0.39, 0.29) is 12.1 Å². The maximum atomic E-state index is 12.9. The van der Waals surface area contributed by atoms with Crippen LogP contribution in [-0.2, 0) is 14.3 Å². The molecule has 8 heteroatoms. The summed E-state index contributed by atoms with van der Waals surface area (Å²) in [5.74, 6) is -2.51. The van der Waals surface area contributed by atoms with E-state index in [1.807, 2.05) is 54.6 Å². The van der Waals surface area contributed by atoms with Crippen LogP contribution in [0.3, 0.4) is 0 Å². The number of nitrogens with zero attached hydrogens (tertiary/aromatic N) is 2. The van der Waals surface area contributed by atoms with Gasteiger partial charge in [-0.15, -0.1) is 0 Å². The Kier molecular flexibility index (Phi) is 9.59. The Labute approximate surface area is 187 Å². The largest absolute Gasteiger partial charge is 0.478 e. The number of carbonyl (C=O) groups excluding carboxylic acids is 1. The molecule has 0 fully saturated rings. The number of benzene rings is 2. The molecular weight excluding hydrogens is 412 g/mol. The van der Waals surface area contributed by atoms with E-state index in [1.54, 1.807) is 4.90 Å². The fourth-order valence-electron chi connectivity index (χ4n) is 3.26. The highest BCUT2D eigenvalue weighted by molar-refractivity contribution is 6.10. The molecule has 1 unspecified atom stereocenters. The predicted octanol–water partition coefficient (Wildman–Crippen LogP) is 3.42. The Morgan fingerprint density at radius 1 is 0.969 bits per heavy atom. The molecule has 2 aromatic rings. The molecule has 1 heterocycles. The number of likely N-dealkylation sites (N-methyl/N-ethyl adjacent to an activating group) is 1. The number of carbonyl (C=O) groups is 3. The molecule has 0 bridgehead atoms. The molecule has 0 aromatic heterocycles. The minimum absolute atomic E-state index is 0.00430. The highest BCUT2D eigenvalue weighted by Gasteiger charge is 2.38. The summed E-state index contributed by atoms with van der Waals surface area (Å²) in [5.41, 5.74) is 2.55. The summed E-state index contributed by atoms with van der Waals surface area (Å²) in [6.45, 7) is 7.76. The zero-order valence-corrected chi connectivity index (χ0v) is 18.2. The fourth-order valence-corrected chi connectivity index (χ4v) is 3.26. The van der Waals surface area contributed by atoms with Gasteiger partial charge in [-0.2, -0.15) is 0 Å². The Morgan fingerprint density at radius 3 is 2.09 bits per heavy atom. The van der Waals surface area contributed by atoms with Gasteiger partial charge < -0.3 is 19.8 Å². The van der Waals surface area contributed by atoms with E-state index in [0.717, 1.165) is 36.4 Å². The minimum Gasteiger partial charge on any atom is -0.478 e. The molecule has 2 aromatic carbocycles. The Bertz CT molecular complexity index is 925. The van der Waals surface area contributed by atoms with Crippen molar-refractivity contribution < 1.29 is 29.3 Å². The van der Waals surface area contributed by atoms with Crippen molar-refractivity contribution >= 4 is 23.5 Å². The van der Waals surface area contributed by atoms with Gasteiger partial charge in [0.05, 0.1) is 6.61 Å². The molecule has 1 aliphatic rings. The van der Waals surface area contributed by atoms with Crippen LogP contribution < -0.4 is 4.90 Å². The van der Waals surface area contributed by atoms with E-state index in [1.165, 1.54) is 0 Å². The van der Waals surface area contributed by atoms with Gasteiger partial charge in [-0.05, 0) is 31.3 Å². The standard InChI is InChI=1S/C20H24N2O2.C4H4O4/c1-3-21(4-2)14-15-24-20-18-13-9-8-12-17(18)19(23)22(20)16-10-6-5-7-11-16;5-3(6)1-2-4(7)8/h5-13,20H,3-4,14-15H2,1-2H3;1-2H,(H,5,6)(H,7,8). The number of anilines is 1. The molecule has 8 nitrogen and oxygen atoms in total. The van der Waals surface area contributed by atoms with Gasteiger partial charge in [-0.1, -0.05) is 50.2 Å². The lowest BCUT2D eigenvalue weighted by atomic mass is 10.1. The Balaban J connectivity index is 0.000000390. The lowest BCUT2D eigenvalue weighted by molar-refractivity contribution is -0.134. The van der Waals surface area contributed by atoms with Crippen LogP contribution in [0.1, 0.15) is 36.0 Å². The number of ether oxygens (including phenoxy) is 1. The monoisotopic (exact) mass is 440 g/mol. The van der Waals surface area contributed by atoms with Gasteiger partial charge in [0.15, 0.2) is 6.23 Å². The van der Waals surface area contributed by atoms with Crippen LogP contribution >= 0.6 is 0 Å². The summed E-state index contributed by atoms with van der Waals surface area (Å²) >= 11 is 0. The smallest absolute Gasteiger partial charge is 0.328 e. The van der Waals surface area contributed by atoms with E-state index in [4.69, 9.17) is 14.9 Å². The van der Waals surface area contributed by atoms with Crippen LogP contribution in [-0.4, -0.2) is 59.2 Å². The second kappa shape index (κ2) is 12.4. The number of rotatable bonds is 9. The van der Waals surface area contributed by atoms with Gasteiger partial charge in [-0.25, -0.2) is 9.59 Å². The van der Waals surface area contributed by atoms with Crippen molar-refractivity contribution in [1.82, 2.24) is 4.90 Å².